The third-order valence-corrected chi connectivity index (χ3v) is 4.25. The molecule has 0 aliphatic carbocycles. The van der Waals surface area contributed by atoms with E-state index in [0.717, 1.165) is 17.9 Å². The maximum atomic E-state index is 12.7. The van der Waals surface area contributed by atoms with Crippen molar-refractivity contribution in [3.05, 3.63) is 23.8 Å². The smallest absolute Gasteiger partial charge is 0.398 e. The van der Waals surface area contributed by atoms with Gasteiger partial charge in [0.05, 0.1) is 10.8 Å². The second-order valence-corrected chi connectivity index (χ2v) is 6.53. The quantitative estimate of drug-likeness (QED) is 0.806. The van der Waals surface area contributed by atoms with Crippen LogP contribution in [0.15, 0.2) is 18.2 Å². The number of amides is 1. The van der Waals surface area contributed by atoms with Crippen molar-refractivity contribution in [3.8, 4) is 0 Å². The van der Waals surface area contributed by atoms with E-state index in [1.54, 1.807) is 6.92 Å². The number of alkyl halides is 3. The first-order valence-electron chi connectivity index (χ1n) is 6.50. The van der Waals surface area contributed by atoms with Crippen molar-refractivity contribution in [1.82, 2.24) is 0 Å². The van der Waals surface area contributed by atoms with Crippen LogP contribution in [0.25, 0.3) is 0 Å². The number of thioether (sulfide) groups is 1. The summed E-state index contributed by atoms with van der Waals surface area (Å²) < 4.78 is 38.2. The zero-order chi connectivity index (χ0) is 16.2. The van der Waals surface area contributed by atoms with E-state index in [1.807, 2.05) is 13.8 Å². The van der Waals surface area contributed by atoms with Crippen molar-refractivity contribution in [2.24, 2.45) is 5.92 Å². The fourth-order valence-corrected chi connectivity index (χ4v) is 2.42. The molecule has 0 aliphatic rings. The molecule has 1 amide bonds. The second-order valence-electron chi connectivity index (χ2n) is 5.16. The van der Waals surface area contributed by atoms with Gasteiger partial charge in [-0.3, -0.25) is 4.79 Å². The van der Waals surface area contributed by atoms with Crippen molar-refractivity contribution in [2.75, 3.05) is 16.8 Å². The zero-order valence-corrected chi connectivity index (χ0v) is 12.9. The molecule has 0 bridgehead atoms. The summed E-state index contributed by atoms with van der Waals surface area (Å²) in [5, 5.41) is 2.16. The van der Waals surface area contributed by atoms with Crippen LogP contribution in [0.5, 0.6) is 0 Å². The Morgan fingerprint density at radius 2 is 1.95 bits per heavy atom. The van der Waals surface area contributed by atoms with Gasteiger partial charge in [0.15, 0.2) is 0 Å². The summed E-state index contributed by atoms with van der Waals surface area (Å²) in [5.74, 6) is 0.932. The van der Waals surface area contributed by atoms with E-state index < -0.39 is 11.7 Å². The van der Waals surface area contributed by atoms with E-state index in [0.29, 0.717) is 5.92 Å². The minimum Gasteiger partial charge on any atom is -0.398 e. The van der Waals surface area contributed by atoms with Gasteiger partial charge in [-0.25, -0.2) is 0 Å². The van der Waals surface area contributed by atoms with Crippen LogP contribution in [0.3, 0.4) is 0 Å². The van der Waals surface area contributed by atoms with Crippen molar-refractivity contribution in [1.29, 1.82) is 0 Å². The van der Waals surface area contributed by atoms with Crippen LogP contribution >= 0.6 is 11.8 Å². The summed E-state index contributed by atoms with van der Waals surface area (Å²) in [6, 6.07) is 3.36. The first-order valence-corrected chi connectivity index (χ1v) is 7.55. The average molecular weight is 320 g/mol. The molecule has 0 fully saturated rings. The highest BCUT2D eigenvalue weighted by Gasteiger charge is 2.33. The van der Waals surface area contributed by atoms with Crippen LogP contribution in [0.4, 0.5) is 24.5 Å². The molecule has 0 saturated heterocycles. The maximum absolute atomic E-state index is 12.7. The predicted octanol–water partition coefficient (Wildman–Crippen LogP) is 4.00. The summed E-state index contributed by atoms with van der Waals surface area (Å²) >= 11 is 1.47. The van der Waals surface area contributed by atoms with E-state index in [4.69, 9.17) is 5.73 Å². The van der Waals surface area contributed by atoms with Crippen LogP contribution in [-0.2, 0) is 11.0 Å². The fourth-order valence-electron chi connectivity index (χ4n) is 1.54. The number of benzene rings is 1. The molecule has 0 aliphatic heterocycles. The van der Waals surface area contributed by atoms with Crippen molar-refractivity contribution in [2.45, 2.75) is 32.2 Å². The lowest BCUT2D eigenvalue weighted by Gasteiger charge is -2.15. The maximum Gasteiger partial charge on any atom is 0.418 e. The number of anilines is 2. The number of nitrogen functional groups attached to an aromatic ring is 1. The molecular weight excluding hydrogens is 301 g/mol. The topological polar surface area (TPSA) is 55.1 Å². The van der Waals surface area contributed by atoms with Crippen LogP contribution in [0.1, 0.15) is 26.3 Å². The minimum absolute atomic E-state index is 0.0959. The lowest BCUT2D eigenvalue weighted by Crippen LogP contribution is -2.23. The van der Waals surface area contributed by atoms with Crippen molar-refractivity contribution >= 4 is 29.0 Å². The van der Waals surface area contributed by atoms with E-state index in [1.165, 1.54) is 17.8 Å². The van der Waals surface area contributed by atoms with Crippen LogP contribution in [0.2, 0.25) is 0 Å². The predicted molar refractivity (Wildman–Crippen MR) is 81.2 cm³/mol. The first-order chi connectivity index (χ1) is 9.61. The SMILES string of the molecule is CC(C)CSC(C)C(=O)Nc1ccc(N)c(C(F)(F)F)c1. The van der Waals surface area contributed by atoms with Gasteiger partial charge in [0.2, 0.25) is 5.91 Å². The molecular formula is C14H19F3N2OS. The van der Waals surface area contributed by atoms with Gasteiger partial charge in [-0.05, 0) is 36.8 Å². The number of hydrogen-bond donors (Lipinski definition) is 2. The van der Waals surface area contributed by atoms with Gasteiger partial charge < -0.3 is 11.1 Å². The lowest BCUT2D eigenvalue weighted by molar-refractivity contribution is -0.136. The molecule has 118 valence electrons. The molecule has 1 aromatic carbocycles. The van der Waals surface area contributed by atoms with Crippen molar-refractivity contribution < 1.29 is 18.0 Å². The standard InChI is InChI=1S/C14H19F3N2OS/c1-8(2)7-21-9(3)13(20)19-10-4-5-12(18)11(6-10)14(15,16)17/h4-6,8-9H,7,18H2,1-3H3,(H,19,20). The van der Waals surface area contributed by atoms with E-state index in [2.05, 4.69) is 5.32 Å². The number of nitrogens with one attached hydrogen (secondary N) is 1. The number of nitrogens with two attached hydrogens (primary N) is 1. The Morgan fingerprint density at radius 1 is 1.33 bits per heavy atom. The van der Waals surface area contributed by atoms with Gasteiger partial charge in [-0.2, -0.15) is 13.2 Å². The summed E-state index contributed by atoms with van der Waals surface area (Å²) in [4.78, 5) is 11.9. The molecule has 3 nitrogen and oxygen atoms in total. The molecule has 21 heavy (non-hydrogen) atoms. The van der Waals surface area contributed by atoms with Crippen LogP contribution < -0.4 is 11.1 Å². The Balaban J connectivity index is 2.77. The molecule has 3 N–H and O–H groups in total. The lowest BCUT2D eigenvalue weighted by atomic mass is 10.1. The first kappa shape index (κ1) is 17.7. The molecule has 0 aromatic heterocycles. The molecule has 0 heterocycles. The van der Waals surface area contributed by atoms with Crippen molar-refractivity contribution in [3.63, 3.8) is 0 Å². The monoisotopic (exact) mass is 320 g/mol. The van der Waals surface area contributed by atoms with E-state index in [-0.39, 0.29) is 22.5 Å². The largest absolute Gasteiger partial charge is 0.418 e. The Bertz CT molecular complexity index is 503. The highest BCUT2D eigenvalue weighted by Crippen LogP contribution is 2.35. The third kappa shape index (κ3) is 5.49. The van der Waals surface area contributed by atoms with Gasteiger partial charge in [0.25, 0.3) is 0 Å². The van der Waals surface area contributed by atoms with E-state index >= 15 is 0 Å². The average Bonchev–Trinajstić information content (AvgIpc) is 2.36. The number of halogens is 3. The third-order valence-electron chi connectivity index (χ3n) is 2.68. The number of hydrogen-bond acceptors (Lipinski definition) is 3. The highest BCUT2D eigenvalue weighted by molar-refractivity contribution is 8.00. The Morgan fingerprint density at radius 3 is 2.48 bits per heavy atom. The van der Waals surface area contributed by atoms with Gasteiger partial charge in [0.1, 0.15) is 0 Å². The van der Waals surface area contributed by atoms with Gasteiger partial charge in [0, 0.05) is 11.4 Å². The molecule has 1 unspecified atom stereocenters. The zero-order valence-electron chi connectivity index (χ0n) is 12.1. The molecule has 0 spiro atoms. The summed E-state index contributed by atoms with van der Waals surface area (Å²) in [6.07, 6.45) is -4.54. The Labute approximate surface area is 126 Å². The second kappa shape index (κ2) is 7.06. The number of carbonyl (C=O) groups excluding carboxylic acids is 1. The van der Waals surface area contributed by atoms with Gasteiger partial charge in [-0.15, -0.1) is 11.8 Å². The molecule has 0 saturated carbocycles. The summed E-state index contributed by atoms with van der Waals surface area (Å²) in [5.41, 5.74) is 4.11. The number of carbonyl (C=O) groups is 1. The molecule has 1 aromatic rings. The van der Waals surface area contributed by atoms with Gasteiger partial charge in [-0.1, -0.05) is 13.8 Å². The number of rotatable bonds is 5. The Kier molecular flexibility index (Phi) is 5.95. The van der Waals surface area contributed by atoms with Gasteiger partial charge >= 0.3 is 6.18 Å². The molecule has 0 radical (unpaired) electrons. The summed E-state index contributed by atoms with van der Waals surface area (Å²) in [6.45, 7) is 5.80. The molecule has 1 rings (SSSR count). The summed E-state index contributed by atoms with van der Waals surface area (Å²) in [7, 11) is 0. The minimum atomic E-state index is -4.54. The van der Waals surface area contributed by atoms with Crippen LogP contribution in [-0.4, -0.2) is 16.9 Å². The highest BCUT2D eigenvalue weighted by atomic mass is 32.2. The molecule has 7 heteroatoms. The molecule has 1 atom stereocenters. The normalized spacial score (nSPS) is 13.3. The fraction of sp³-hybridized carbons (Fsp3) is 0.500. The van der Waals surface area contributed by atoms with Crippen LogP contribution in [0, 0.1) is 5.92 Å². The Hall–Kier alpha value is -1.37. The van der Waals surface area contributed by atoms with E-state index in [9.17, 15) is 18.0 Å².